The van der Waals surface area contributed by atoms with Crippen LogP contribution >= 0.6 is 11.6 Å². The first-order valence-electron chi connectivity index (χ1n) is 7.14. The number of halogens is 1. The van der Waals surface area contributed by atoms with Crippen molar-refractivity contribution in [1.29, 1.82) is 0 Å². The lowest BCUT2D eigenvalue weighted by Crippen LogP contribution is -2.37. The van der Waals surface area contributed by atoms with Gasteiger partial charge in [-0.25, -0.2) is 9.59 Å². The van der Waals surface area contributed by atoms with Crippen LogP contribution in [0, 0.1) is 0 Å². The van der Waals surface area contributed by atoms with Crippen LogP contribution in [0.4, 0.5) is 10.5 Å². The van der Waals surface area contributed by atoms with Gasteiger partial charge in [0.15, 0.2) is 0 Å². The molecule has 1 fully saturated rings. The molecule has 0 aromatic heterocycles. The van der Waals surface area contributed by atoms with E-state index in [1.165, 1.54) is 6.07 Å². The number of nitrogens with zero attached hydrogens (tertiary/aromatic N) is 1. The van der Waals surface area contributed by atoms with Crippen molar-refractivity contribution in [2.45, 2.75) is 38.6 Å². The molecule has 6 heteroatoms. The molecular formula is C15H19ClN2O3. The minimum absolute atomic E-state index is 0.0706. The number of carboxylic acids is 1. The molecular weight excluding hydrogens is 292 g/mol. The van der Waals surface area contributed by atoms with E-state index in [1.807, 2.05) is 0 Å². The maximum atomic E-state index is 12.4. The summed E-state index contributed by atoms with van der Waals surface area (Å²) in [6.45, 7) is 2.76. The SMILES string of the molecule is CCCCN(C(=O)Nc1cccc(Cl)c1C(=O)O)C1CC1. The molecule has 5 nitrogen and oxygen atoms in total. The molecule has 114 valence electrons. The van der Waals surface area contributed by atoms with Crippen LogP contribution in [0.2, 0.25) is 5.02 Å². The molecule has 2 N–H and O–H groups in total. The molecule has 0 atom stereocenters. The third kappa shape index (κ3) is 3.88. The van der Waals surface area contributed by atoms with Crippen molar-refractivity contribution in [2.75, 3.05) is 11.9 Å². The van der Waals surface area contributed by atoms with Crippen molar-refractivity contribution < 1.29 is 14.7 Å². The van der Waals surface area contributed by atoms with Crippen molar-refractivity contribution in [3.8, 4) is 0 Å². The van der Waals surface area contributed by atoms with Gasteiger partial charge in [-0.3, -0.25) is 0 Å². The lowest BCUT2D eigenvalue weighted by molar-refractivity contribution is 0.0698. The Balaban J connectivity index is 2.14. The lowest BCUT2D eigenvalue weighted by Gasteiger charge is -2.23. The van der Waals surface area contributed by atoms with Crippen LogP contribution in [-0.4, -0.2) is 34.6 Å². The molecule has 1 aliphatic carbocycles. The van der Waals surface area contributed by atoms with E-state index >= 15 is 0 Å². The number of unbranched alkanes of at least 4 members (excludes halogenated alkanes) is 1. The van der Waals surface area contributed by atoms with Gasteiger partial charge in [0.05, 0.1) is 10.7 Å². The van der Waals surface area contributed by atoms with E-state index in [9.17, 15) is 14.7 Å². The number of hydrogen-bond acceptors (Lipinski definition) is 2. The van der Waals surface area contributed by atoms with E-state index < -0.39 is 5.97 Å². The predicted molar refractivity (Wildman–Crippen MR) is 82.1 cm³/mol. The summed E-state index contributed by atoms with van der Waals surface area (Å²) in [5.41, 5.74) is 0.168. The molecule has 1 aromatic carbocycles. The molecule has 0 radical (unpaired) electrons. The monoisotopic (exact) mass is 310 g/mol. The van der Waals surface area contributed by atoms with Gasteiger partial charge in [-0.1, -0.05) is 31.0 Å². The van der Waals surface area contributed by atoms with Crippen LogP contribution in [0.15, 0.2) is 18.2 Å². The number of amides is 2. The van der Waals surface area contributed by atoms with Crippen LogP contribution in [0.3, 0.4) is 0 Å². The Labute approximate surface area is 128 Å². The number of urea groups is 1. The second-order valence-electron chi connectivity index (χ2n) is 5.18. The number of anilines is 1. The maximum absolute atomic E-state index is 12.4. The average Bonchev–Trinajstić information content (AvgIpc) is 3.23. The minimum atomic E-state index is -1.15. The number of aromatic carboxylic acids is 1. The van der Waals surface area contributed by atoms with Crippen LogP contribution in [0.5, 0.6) is 0 Å². The lowest BCUT2D eigenvalue weighted by atomic mass is 10.2. The third-order valence-corrected chi connectivity index (χ3v) is 3.79. The summed E-state index contributed by atoms with van der Waals surface area (Å²) in [5, 5.41) is 12.0. The number of carbonyl (C=O) groups excluding carboxylic acids is 1. The summed E-state index contributed by atoms with van der Waals surface area (Å²) in [7, 11) is 0. The van der Waals surface area contributed by atoms with Gasteiger partial charge in [-0.05, 0) is 31.4 Å². The van der Waals surface area contributed by atoms with Gasteiger partial charge in [-0.15, -0.1) is 0 Å². The Kier molecular flexibility index (Phi) is 5.07. The van der Waals surface area contributed by atoms with Crippen molar-refractivity contribution in [3.63, 3.8) is 0 Å². The van der Waals surface area contributed by atoms with E-state index in [4.69, 9.17) is 11.6 Å². The number of benzene rings is 1. The second kappa shape index (κ2) is 6.80. The molecule has 1 aliphatic rings. The Hall–Kier alpha value is -1.75. The molecule has 1 saturated carbocycles. The van der Waals surface area contributed by atoms with Gasteiger partial charge in [0.1, 0.15) is 5.56 Å². The summed E-state index contributed by atoms with van der Waals surface area (Å²) < 4.78 is 0. The van der Waals surface area contributed by atoms with Crippen LogP contribution < -0.4 is 5.32 Å². The predicted octanol–water partition coefficient (Wildman–Crippen LogP) is 3.83. The first kappa shape index (κ1) is 15.6. The fourth-order valence-electron chi connectivity index (χ4n) is 2.20. The number of hydrogen-bond donors (Lipinski definition) is 2. The normalized spacial score (nSPS) is 13.8. The Morgan fingerprint density at radius 2 is 2.14 bits per heavy atom. The number of carbonyl (C=O) groups is 2. The first-order valence-corrected chi connectivity index (χ1v) is 7.51. The highest BCUT2D eigenvalue weighted by Gasteiger charge is 2.32. The Morgan fingerprint density at radius 3 is 2.71 bits per heavy atom. The van der Waals surface area contributed by atoms with E-state index in [-0.39, 0.29) is 28.3 Å². The van der Waals surface area contributed by atoms with Crippen molar-refractivity contribution in [1.82, 2.24) is 4.90 Å². The zero-order valence-corrected chi connectivity index (χ0v) is 12.7. The van der Waals surface area contributed by atoms with E-state index in [0.29, 0.717) is 6.54 Å². The van der Waals surface area contributed by atoms with E-state index in [2.05, 4.69) is 12.2 Å². The number of nitrogens with one attached hydrogen (secondary N) is 1. The second-order valence-corrected chi connectivity index (χ2v) is 5.58. The van der Waals surface area contributed by atoms with Crippen LogP contribution in [0.25, 0.3) is 0 Å². The Bertz CT molecular complexity index is 544. The van der Waals surface area contributed by atoms with Gasteiger partial charge in [0.25, 0.3) is 0 Å². The Morgan fingerprint density at radius 1 is 1.43 bits per heavy atom. The molecule has 2 rings (SSSR count). The zero-order chi connectivity index (χ0) is 15.4. The molecule has 0 unspecified atom stereocenters. The van der Waals surface area contributed by atoms with Crippen LogP contribution in [-0.2, 0) is 0 Å². The molecule has 21 heavy (non-hydrogen) atoms. The molecule has 1 aromatic rings. The minimum Gasteiger partial charge on any atom is -0.478 e. The summed E-state index contributed by atoms with van der Waals surface area (Å²) in [6.07, 6.45) is 3.97. The largest absolute Gasteiger partial charge is 0.478 e. The summed E-state index contributed by atoms with van der Waals surface area (Å²) >= 11 is 5.90. The van der Waals surface area contributed by atoms with Gasteiger partial charge < -0.3 is 15.3 Å². The number of rotatable bonds is 6. The average molecular weight is 311 g/mol. The quantitative estimate of drug-likeness (QED) is 0.838. The smallest absolute Gasteiger partial charge is 0.339 e. The summed E-state index contributed by atoms with van der Waals surface area (Å²) in [6, 6.07) is 4.70. The van der Waals surface area contributed by atoms with Gasteiger partial charge in [0, 0.05) is 12.6 Å². The molecule has 0 bridgehead atoms. The topological polar surface area (TPSA) is 69.6 Å². The fourth-order valence-corrected chi connectivity index (χ4v) is 2.45. The van der Waals surface area contributed by atoms with E-state index in [1.54, 1.807) is 17.0 Å². The molecule has 0 aliphatic heterocycles. The van der Waals surface area contributed by atoms with Crippen molar-refractivity contribution in [2.24, 2.45) is 0 Å². The highest BCUT2D eigenvalue weighted by atomic mass is 35.5. The van der Waals surface area contributed by atoms with Crippen LogP contribution in [0.1, 0.15) is 43.0 Å². The molecule has 0 saturated heterocycles. The molecule has 0 heterocycles. The highest BCUT2D eigenvalue weighted by molar-refractivity contribution is 6.34. The van der Waals surface area contributed by atoms with Gasteiger partial charge in [0.2, 0.25) is 0 Å². The van der Waals surface area contributed by atoms with E-state index in [0.717, 1.165) is 25.7 Å². The molecule has 0 spiro atoms. The summed E-state index contributed by atoms with van der Waals surface area (Å²) in [5.74, 6) is -1.15. The molecule has 2 amide bonds. The third-order valence-electron chi connectivity index (χ3n) is 3.47. The number of carboxylic acid groups (broad SMARTS) is 1. The highest BCUT2D eigenvalue weighted by Crippen LogP contribution is 2.29. The standard InChI is InChI=1S/C15H19ClN2O3/c1-2-3-9-18(10-7-8-10)15(21)17-12-6-4-5-11(16)13(12)14(19)20/h4-6,10H,2-3,7-9H2,1H3,(H,17,21)(H,19,20). The maximum Gasteiger partial charge on any atom is 0.339 e. The van der Waals surface area contributed by atoms with Gasteiger partial charge in [-0.2, -0.15) is 0 Å². The summed E-state index contributed by atoms with van der Waals surface area (Å²) in [4.78, 5) is 25.4. The van der Waals surface area contributed by atoms with Crippen molar-refractivity contribution >= 4 is 29.3 Å². The first-order chi connectivity index (χ1) is 10.0. The zero-order valence-electron chi connectivity index (χ0n) is 11.9. The van der Waals surface area contributed by atoms with Crippen molar-refractivity contribution in [3.05, 3.63) is 28.8 Å². The van der Waals surface area contributed by atoms with Gasteiger partial charge >= 0.3 is 12.0 Å². The fraction of sp³-hybridized carbons (Fsp3) is 0.467.